The van der Waals surface area contributed by atoms with Crippen LogP contribution < -0.4 is 4.74 Å². The Morgan fingerprint density at radius 1 is 1.13 bits per heavy atom. The lowest BCUT2D eigenvalue weighted by molar-refractivity contribution is -0.137. The molecule has 0 bridgehead atoms. The maximum atomic E-state index is 12.7. The van der Waals surface area contributed by atoms with Crippen molar-refractivity contribution in [2.24, 2.45) is 0 Å². The third-order valence-electron chi connectivity index (χ3n) is 5.74. The maximum Gasteiger partial charge on any atom is 0.416 e. The molecule has 0 N–H and O–H groups in total. The van der Waals surface area contributed by atoms with E-state index in [1.54, 1.807) is 0 Å². The summed E-state index contributed by atoms with van der Waals surface area (Å²) in [7, 11) is -3.22. The zero-order chi connectivity index (χ0) is 22.2. The summed E-state index contributed by atoms with van der Waals surface area (Å²) in [6, 6.07) is 4.61. The first kappa shape index (κ1) is 22.0. The van der Waals surface area contributed by atoms with Crippen LogP contribution in [-0.4, -0.2) is 59.5 Å². The molecule has 4 rings (SSSR count). The Hall–Kier alpha value is -2.24. The number of nitrogens with zero attached hydrogens (tertiary/aromatic N) is 4. The molecule has 2 aliphatic heterocycles. The van der Waals surface area contributed by atoms with E-state index < -0.39 is 21.8 Å². The molecule has 31 heavy (non-hydrogen) atoms. The van der Waals surface area contributed by atoms with Crippen LogP contribution in [-0.2, 0) is 29.2 Å². The lowest BCUT2D eigenvalue weighted by Gasteiger charge is -2.40. The number of rotatable bonds is 4. The van der Waals surface area contributed by atoms with Crippen LogP contribution in [0.4, 0.5) is 13.2 Å². The number of hydrogen-bond donors (Lipinski definition) is 0. The van der Waals surface area contributed by atoms with E-state index in [0.717, 1.165) is 36.2 Å². The standard InChI is InChI=1S/C20H23F3N4O3S/c1-31(28,29)27-9-2-3-15(11-27)26-10-8-17-18(12-26)24-13-25-19(17)30-16-6-4-14(5-7-16)20(21,22)23/h4-7,13,15H,2-3,8-12H2,1H3. The van der Waals surface area contributed by atoms with E-state index in [1.165, 1.54) is 29.0 Å². The molecule has 1 aromatic heterocycles. The molecule has 7 nitrogen and oxygen atoms in total. The molecule has 0 amide bonds. The van der Waals surface area contributed by atoms with Gasteiger partial charge in [0.05, 0.1) is 17.5 Å². The van der Waals surface area contributed by atoms with Crippen molar-refractivity contribution in [3.05, 3.63) is 47.4 Å². The van der Waals surface area contributed by atoms with Gasteiger partial charge in [-0.25, -0.2) is 22.7 Å². The summed E-state index contributed by atoms with van der Waals surface area (Å²) < 4.78 is 69.4. The summed E-state index contributed by atoms with van der Waals surface area (Å²) in [6.07, 6.45) is 0.558. The fraction of sp³-hybridized carbons (Fsp3) is 0.500. The van der Waals surface area contributed by atoms with Crippen LogP contribution in [0.3, 0.4) is 0 Å². The zero-order valence-electron chi connectivity index (χ0n) is 17.0. The number of sulfonamides is 1. The molecule has 168 valence electrons. The van der Waals surface area contributed by atoms with Gasteiger partial charge >= 0.3 is 6.18 Å². The largest absolute Gasteiger partial charge is 0.439 e. The first-order valence-electron chi connectivity index (χ1n) is 9.98. The fourth-order valence-electron chi connectivity index (χ4n) is 4.09. The molecule has 0 spiro atoms. The molecular formula is C20H23F3N4O3S. The Balaban J connectivity index is 1.48. The quantitative estimate of drug-likeness (QED) is 0.704. The molecule has 1 atom stereocenters. The molecule has 11 heteroatoms. The van der Waals surface area contributed by atoms with Gasteiger partial charge in [-0.3, -0.25) is 4.90 Å². The van der Waals surface area contributed by atoms with Gasteiger partial charge in [0.25, 0.3) is 0 Å². The topological polar surface area (TPSA) is 75.6 Å². The fourth-order valence-corrected chi connectivity index (χ4v) is 4.99. The Morgan fingerprint density at radius 2 is 1.87 bits per heavy atom. The Bertz CT molecular complexity index is 1040. The molecule has 2 aromatic rings. The van der Waals surface area contributed by atoms with Crippen molar-refractivity contribution < 1.29 is 26.3 Å². The third kappa shape index (κ3) is 4.99. The average Bonchev–Trinajstić information content (AvgIpc) is 2.73. The van der Waals surface area contributed by atoms with E-state index in [0.29, 0.717) is 38.5 Å². The van der Waals surface area contributed by atoms with Crippen LogP contribution in [0.1, 0.15) is 29.7 Å². The Morgan fingerprint density at radius 3 is 2.55 bits per heavy atom. The van der Waals surface area contributed by atoms with Crippen LogP contribution in [0.2, 0.25) is 0 Å². The van der Waals surface area contributed by atoms with E-state index in [2.05, 4.69) is 14.9 Å². The number of aromatic nitrogens is 2. The second-order valence-electron chi connectivity index (χ2n) is 7.87. The predicted molar refractivity (Wildman–Crippen MR) is 107 cm³/mol. The number of benzene rings is 1. The molecule has 1 saturated heterocycles. The highest BCUT2D eigenvalue weighted by molar-refractivity contribution is 7.88. The SMILES string of the molecule is CS(=O)(=O)N1CCCC(N2CCc3c(ncnc3Oc3ccc(C(F)(F)F)cc3)C2)C1. The first-order valence-corrected chi connectivity index (χ1v) is 11.8. The van der Waals surface area contributed by atoms with Crippen LogP contribution in [0.15, 0.2) is 30.6 Å². The van der Waals surface area contributed by atoms with E-state index in [1.807, 2.05) is 0 Å². The second kappa shape index (κ2) is 8.36. The third-order valence-corrected chi connectivity index (χ3v) is 7.01. The van der Waals surface area contributed by atoms with Crippen LogP contribution in [0, 0.1) is 0 Å². The number of alkyl halides is 3. The van der Waals surface area contributed by atoms with E-state index in [9.17, 15) is 21.6 Å². The lowest BCUT2D eigenvalue weighted by Crippen LogP contribution is -2.50. The summed E-state index contributed by atoms with van der Waals surface area (Å²) >= 11 is 0. The minimum atomic E-state index is -4.40. The van der Waals surface area contributed by atoms with Gasteiger partial charge in [-0.15, -0.1) is 0 Å². The summed E-state index contributed by atoms with van der Waals surface area (Å²) in [4.78, 5) is 10.8. The summed E-state index contributed by atoms with van der Waals surface area (Å²) in [5, 5.41) is 0. The monoisotopic (exact) mass is 456 g/mol. The Labute approximate surface area is 178 Å². The van der Waals surface area contributed by atoms with E-state index >= 15 is 0 Å². The number of halogens is 3. The van der Waals surface area contributed by atoms with Crippen molar-refractivity contribution >= 4 is 10.0 Å². The molecule has 2 aliphatic rings. The molecule has 1 aromatic carbocycles. The van der Waals surface area contributed by atoms with Crippen molar-refractivity contribution in [2.45, 2.75) is 38.0 Å². The van der Waals surface area contributed by atoms with Crippen molar-refractivity contribution in [1.29, 1.82) is 0 Å². The van der Waals surface area contributed by atoms with E-state index in [-0.39, 0.29) is 11.8 Å². The van der Waals surface area contributed by atoms with Crippen molar-refractivity contribution in [2.75, 3.05) is 25.9 Å². The molecule has 1 fully saturated rings. The Kier molecular flexibility index (Phi) is 5.93. The summed E-state index contributed by atoms with van der Waals surface area (Å²) in [6.45, 7) is 2.26. The van der Waals surface area contributed by atoms with Crippen molar-refractivity contribution in [3.63, 3.8) is 0 Å². The molecular weight excluding hydrogens is 433 g/mol. The maximum absolute atomic E-state index is 12.7. The van der Waals surface area contributed by atoms with Gasteiger partial charge in [0.15, 0.2) is 0 Å². The van der Waals surface area contributed by atoms with Crippen molar-refractivity contribution in [3.8, 4) is 11.6 Å². The first-order chi connectivity index (χ1) is 14.6. The van der Waals surface area contributed by atoms with Gasteiger partial charge in [-0.05, 0) is 43.5 Å². The van der Waals surface area contributed by atoms with Crippen LogP contribution in [0.5, 0.6) is 11.6 Å². The van der Waals surface area contributed by atoms with Gasteiger partial charge in [0.2, 0.25) is 15.9 Å². The van der Waals surface area contributed by atoms with Crippen LogP contribution >= 0.6 is 0 Å². The average molecular weight is 456 g/mol. The number of hydrogen-bond acceptors (Lipinski definition) is 6. The molecule has 3 heterocycles. The zero-order valence-corrected chi connectivity index (χ0v) is 17.8. The smallest absolute Gasteiger partial charge is 0.416 e. The lowest BCUT2D eigenvalue weighted by atomic mass is 10.00. The van der Waals surface area contributed by atoms with Gasteiger partial charge in [0.1, 0.15) is 12.1 Å². The highest BCUT2D eigenvalue weighted by Crippen LogP contribution is 2.33. The number of piperidine rings is 1. The van der Waals surface area contributed by atoms with E-state index in [4.69, 9.17) is 4.74 Å². The van der Waals surface area contributed by atoms with Crippen molar-refractivity contribution in [1.82, 2.24) is 19.2 Å². The van der Waals surface area contributed by atoms with Crippen LogP contribution in [0.25, 0.3) is 0 Å². The molecule has 0 radical (unpaired) electrons. The highest BCUT2D eigenvalue weighted by Gasteiger charge is 2.33. The number of ether oxygens (including phenoxy) is 1. The van der Waals surface area contributed by atoms with Gasteiger partial charge in [-0.1, -0.05) is 0 Å². The van der Waals surface area contributed by atoms with Gasteiger partial charge < -0.3 is 4.74 Å². The molecule has 0 saturated carbocycles. The normalized spacial score (nSPS) is 21.0. The highest BCUT2D eigenvalue weighted by atomic mass is 32.2. The minimum Gasteiger partial charge on any atom is -0.439 e. The van der Waals surface area contributed by atoms with Gasteiger partial charge in [0, 0.05) is 37.8 Å². The predicted octanol–water partition coefficient (Wildman–Crippen LogP) is 3.07. The summed E-state index contributed by atoms with van der Waals surface area (Å²) in [5.41, 5.74) is 0.880. The number of fused-ring (bicyclic) bond motifs is 1. The second-order valence-corrected chi connectivity index (χ2v) is 9.85. The summed E-state index contributed by atoms with van der Waals surface area (Å²) in [5.74, 6) is 0.609. The minimum absolute atomic E-state index is 0.117. The molecule has 0 aliphatic carbocycles. The molecule has 1 unspecified atom stereocenters. The van der Waals surface area contributed by atoms with Gasteiger partial charge in [-0.2, -0.15) is 13.2 Å².